The smallest absolute Gasteiger partial charge is 1.00 e. The van der Waals surface area contributed by atoms with Gasteiger partial charge in [0, 0.05) is 18.5 Å². The molecule has 0 aliphatic carbocycles. The fraction of sp³-hybridized carbons (Fsp3) is 0.375. The van der Waals surface area contributed by atoms with Crippen molar-refractivity contribution >= 4 is 11.9 Å². The molecule has 1 heterocycles. The van der Waals surface area contributed by atoms with Crippen molar-refractivity contribution in [2.75, 3.05) is 0 Å². The molecular weight excluding hydrogens is 475 g/mol. The fourth-order valence-corrected chi connectivity index (χ4v) is 3.78. The van der Waals surface area contributed by atoms with E-state index in [0.29, 0.717) is 12.2 Å². The molecule has 2 N–H and O–H groups in total. The molecule has 0 aliphatic rings. The monoisotopic (exact) mass is 507 g/mol. The van der Waals surface area contributed by atoms with Crippen LogP contribution in [0.15, 0.2) is 48.5 Å². The third-order valence-electron chi connectivity index (χ3n) is 5.42. The van der Waals surface area contributed by atoms with Gasteiger partial charge in [0.2, 0.25) is 11.7 Å². The third-order valence-corrected chi connectivity index (χ3v) is 5.42. The number of rotatable bonds is 10. The summed E-state index contributed by atoms with van der Waals surface area (Å²) in [6.07, 6.45) is 1.97. The van der Waals surface area contributed by atoms with Crippen molar-refractivity contribution in [2.24, 2.45) is 5.92 Å². The average Bonchev–Trinajstić information content (AvgIpc) is 3.32. The molecular formula is C24H32N5Na3O3. The van der Waals surface area contributed by atoms with Crippen molar-refractivity contribution in [3.63, 3.8) is 0 Å². The van der Waals surface area contributed by atoms with Gasteiger partial charge in [0.15, 0.2) is 0 Å². The first kappa shape index (κ1) is 34.5. The molecule has 3 rings (SSSR count). The Morgan fingerprint density at radius 3 is 2.17 bits per heavy atom. The second-order valence-electron chi connectivity index (χ2n) is 8.13. The maximum Gasteiger partial charge on any atom is 1.00 e. The summed E-state index contributed by atoms with van der Waals surface area (Å²) in [6.45, 7) is 5.93. The number of amides is 1. The predicted molar refractivity (Wildman–Crippen MR) is 125 cm³/mol. The number of benzene rings is 2. The number of hydrogen-bond donors (Lipinski definition) is 2. The van der Waals surface area contributed by atoms with Gasteiger partial charge in [-0.15, -0.1) is 10.2 Å². The molecule has 1 amide bonds. The summed E-state index contributed by atoms with van der Waals surface area (Å²) in [5.74, 6) is -0.784. The van der Waals surface area contributed by atoms with E-state index in [9.17, 15) is 14.7 Å². The molecule has 174 valence electrons. The van der Waals surface area contributed by atoms with E-state index < -0.39 is 12.0 Å². The molecule has 1 aromatic heterocycles. The second kappa shape index (κ2) is 17.1. The number of unbranched alkanes of at least 4 members (excludes halogenated alkanes) is 1. The Morgan fingerprint density at radius 1 is 1.03 bits per heavy atom. The standard InChI is InChI=1S/C24H29N5O3.3Na.3H/c1-4-5-10-21(30)29(22(16(2)3)24(31)32)15-17-11-13-18(14-12-17)19-8-6-7-9-20(19)23-25-27-28-26-23;;;;;;/h6-9,11-14,16,22H,4-5,10,15H2,1-3H3,(H,31,32)(H,25,26,27,28);;;;;;/q;3*+1;3*-1/t22-;;;;;;/m0....../s1. The first-order valence-electron chi connectivity index (χ1n) is 10.9. The molecule has 0 radical (unpaired) electrons. The number of hydrogen-bond acceptors (Lipinski definition) is 5. The Morgan fingerprint density at radius 2 is 1.66 bits per heavy atom. The van der Waals surface area contributed by atoms with Crippen LogP contribution in [0, 0.1) is 5.92 Å². The van der Waals surface area contributed by atoms with Crippen molar-refractivity contribution in [2.45, 2.75) is 52.6 Å². The van der Waals surface area contributed by atoms with Gasteiger partial charge in [-0.05, 0) is 34.2 Å². The number of aromatic nitrogens is 4. The maximum atomic E-state index is 12.9. The van der Waals surface area contributed by atoms with E-state index in [-0.39, 0.29) is 111 Å². The van der Waals surface area contributed by atoms with Crippen LogP contribution in [0.5, 0.6) is 0 Å². The number of aliphatic carboxylic acids is 1. The Balaban J connectivity index is -0.000000963. The third kappa shape index (κ3) is 9.36. The summed E-state index contributed by atoms with van der Waals surface area (Å²) in [5.41, 5.74) is 3.66. The van der Waals surface area contributed by atoms with Gasteiger partial charge < -0.3 is 14.3 Å². The second-order valence-corrected chi connectivity index (χ2v) is 8.13. The summed E-state index contributed by atoms with van der Waals surface area (Å²) in [7, 11) is 0. The predicted octanol–water partition coefficient (Wildman–Crippen LogP) is -4.49. The van der Waals surface area contributed by atoms with Gasteiger partial charge >= 0.3 is 94.6 Å². The number of aromatic amines is 1. The molecule has 11 heteroatoms. The number of carbonyl (C=O) groups is 2. The summed E-state index contributed by atoms with van der Waals surface area (Å²) in [6, 6.07) is 14.7. The zero-order valence-corrected chi connectivity index (χ0v) is 27.7. The summed E-state index contributed by atoms with van der Waals surface area (Å²) < 4.78 is 0. The molecule has 0 saturated heterocycles. The maximum absolute atomic E-state index is 12.9. The fourth-order valence-electron chi connectivity index (χ4n) is 3.78. The van der Waals surface area contributed by atoms with Crippen LogP contribution in [0.4, 0.5) is 0 Å². The topological polar surface area (TPSA) is 112 Å². The molecule has 0 spiro atoms. The minimum atomic E-state index is -0.976. The van der Waals surface area contributed by atoms with Crippen LogP contribution in [-0.4, -0.2) is 48.5 Å². The van der Waals surface area contributed by atoms with Crippen LogP contribution in [0.1, 0.15) is 49.9 Å². The summed E-state index contributed by atoms with van der Waals surface area (Å²) in [4.78, 5) is 26.3. The van der Waals surface area contributed by atoms with Crippen LogP contribution < -0.4 is 88.7 Å². The molecule has 0 saturated carbocycles. The van der Waals surface area contributed by atoms with Gasteiger partial charge in [0.25, 0.3) is 0 Å². The van der Waals surface area contributed by atoms with Crippen molar-refractivity contribution in [3.8, 4) is 22.5 Å². The molecule has 2 aromatic carbocycles. The molecule has 0 fully saturated rings. The van der Waals surface area contributed by atoms with Crippen LogP contribution in [0.25, 0.3) is 22.5 Å². The van der Waals surface area contributed by atoms with Crippen molar-refractivity contribution in [3.05, 3.63) is 54.1 Å². The van der Waals surface area contributed by atoms with Crippen LogP contribution in [0.2, 0.25) is 0 Å². The summed E-state index contributed by atoms with van der Waals surface area (Å²) in [5, 5.41) is 24.0. The van der Waals surface area contributed by atoms with E-state index >= 15 is 0 Å². The quantitative estimate of drug-likeness (QED) is 0.268. The first-order valence-corrected chi connectivity index (χ1v) is 10.9. The normalized spacial score (nSPS) is 11.0. The van der Waals surface area contributed by atoms with Gasteiger partial charge in [-0.1, -0.05) is 75.7 Å². The molecule has 1 atom stereocenters. The number of carboxylic acids is 1. The Hall–Kier alpha value is -0.550. The van der Waals surface area contributed by atoms with E-state index in [1.165, 1.54) is 4.90 Å². The zero-order valence-electron chi connectivity index (χ0n) is 24.7. The summed E-state index contributed by atoms with van der Waals surface area (Å²) >= 11 is 0. The van der Waals surface area contributed by atoms with E-state index in [1.807, 2.05) is 69.3 Å². The van der Waals surface area contributed by atoms with Gasteiger partial charge in [0.05, 0.1) is 0 Å². The molecule has 3 aromatic rings. The van der Waals surface area contributed by atoms with E-state index in [0.717, 1.165) is 35.1 Å². The number of nitrogens with zero attached hydrogens (tertiary/aromatic N) is 4. The van der Waals surface area contributed by atoms with Gasteiger partial charge in [-0.3, -0.25) is 4.79 Å². The van der Waals surface area contributed by atoms with Gasteiger partial charge in [-0.2, -0.15) is 5.21 Å². The molecule has 0 aliphatic heterocycles. The molecule has 0 unspecified atom stereocenters. The number of carboxylic acid groups (broad SMARTS) is 1. The van der Waals surface area contributed by atoms with Crippen LogP contribution in [-0.2, 0) is 16.1 Å². The number of nitrogens with one attached hydrogen (secondary N) is 1. The van der Waals surface area contributed by atoms with Gasteiger partial charge in [0.1, 0.15) is 6.04 Å². The van der Waals surface area contributed by atoms with Crippen LogP contribution in [0.3, 0.4) is 0 Å². The average molecular weight is 508 g/mol. The minimum absolute atomic E-state index is 0. The number of tetrazole rings is 1. The molecule has 35 heavy (non-hydrogen) atoms. The van der Waals surface area contributed by atoms with Crippen molar-refractivity contribution in [1.82, 2.24) is 25.5 Å². The number of H-pyrrole nitrogens is 1. The van der Waals surface area contributed by atoms with Crippen molar-refractivity contribution in [1.29, 1.82) is 0 Å². The van der Waals surface area contributed by atoms with Gasteiger partial charge in [-0.25, -0.2) is 4.79 Å². The molecule has 0 bridgehead atoms. The first-order chi connectivity index (χ1) is 15.4. The molecule has 8 nitrogen and oxygen atoms in total. The number of carbonyl (C=O) groups excluding carboxylic acids is 1. The van der Waals surface area contributed by atoms with E-state index in [4.69, 9.17) is 0 Å². The van der Waals surface area contributed by atoms with Crippen LogP contribution >= 0.6 is 0 Å². The zero-order chi connectivity index (χ0) is 23.1. The largest absolute Gasteiger partial charge is 1.00 e. The SMILES string of the molecule is CCCCC(=O)N(Cc1ccc(-c2ccccc2-c2nn[nH]n2)cc1)[C@H](C(=O)O)C(C)C.[H-].[H-].[H-].[Na+].[Na+].[Na+]. The minimum Gasteiger partial charge on any atom is -1.00 e. The Labute approximate surface area is 277 Å². The van der Waals surface area contributed by atoms with E-state index in [2.05, 4.69) is 20.6 Å². The Bertz CT molecular complexity index is 1060. The van der Waals surface area contributed by atoms with E-state index in [1.54, 1.807) is 0 Å². The van der Waals surface area contributed by atoms with Crippen molar-refractivity contribution < 1.29 is 108 Å². The Kier molecular flexibility index (Phi) is 16.8.